The van der Waals surface area contributed by atoms with E-state index in [0.717, 1.165) is 16.7 Å². The molecule has 0 saturated carbocycles. The Labute approximate surface area is 107 Å². The van der Waals surface area contributed by atoms with Crippen molar-refractivity contribution in [3.63, 3.8) is 0 Å². The van der Waals surface area contributed by atoms with E-state index in [1.54, 1.807) is 12.1 Å². The van der Waals surface area contributed by atoms with Crippen molar-refractivity contribution in [1.82, 2.24) is 0 Å². The highest BCUT2D eigenvalue weighted by Gasteiger charge is 2.12. The van der Waals surface area contributed by atoms with Crippen molar-refractivity contribution in [2.24, 2.45) is 5.73 Å². The van der Waals surface area contributed by atoms with Crippen LogP contribution in [0.4, 0.5) is 4.39 Å². The van der Waals surface area contributed by atoms with Gasteiger partial charge in [0.15, 0.2) is 0 Å². The van der Waals surface area contributed by atoms with Crippen molar-refractivity contribution in [2.75, 3.05) is 0 Å². The van der Waals surface area contributed by atoms with Gasteiger partial charge in [-0.2, -0.15) is 0 Å². The highest BCUT2D eigenvalue weighted by Crippen LogP contribution is 2.31. The third-order valence-corrected chi connectivity index (χ3v) is 3.40. The van der Waals surface area contributed by atoms with E-state index in [0.29, 0.717) is 0 Å². The molecule has 1 unspecified atom stereocenters. The molecule has 2 N–H and O–H groups in total. The van der Waals surface area contributed by atoms with E-state index >= 15 is 0 Å². The van der Waals surface area contributed by atoms with Crippen LogP contribution in [0, 0.1) is 19.7 Å². The predicted octanol–water partition coefficient (Wildman–Crippen LogP) is 4.13. The van der Waals surface area contributed by atoms with Crippen molar-refractivity contribution < 1.29 is 4.39 Å². The Morgan fingerprint density at radius 3 is 2.44 bits per heavy atom. The third-order valence-electron chi connectivity index (χ3n) is 3.40. The van der Waals surface area contributed by atoms with E-state index in [1.807, 2.05) is 19.1 Å². The lowest BCUT2D eigenvalue weighted by molar-refractivity contribution is 0.626. The molecule has 0 amide bonds. The van der Waals surface area contributed by atoms with Crippen LogP contribution in [0.3, 0.4) is 0 Å². The number of halogens is 1. The maximum absolute atomic E-state index is 13.5. The maximum Gasteiger partial charge on any atom is 0.123 e. The van der Waals surface area contributed by atoms with Crippen LogP contribution >= 0.6 is 0 Å². The topological polar surface area (TPSA) is 26.0 Å². The summed E-state index contributed by atoms with van der Waals surface area (Å²) >= 11 is 0. The molecule has 2 heteroatoms. The smallest absolute Gasteiger partial charge is 0.123 e. The summed E-state index contributed by atoms with van der Waals surface area (Å²) < 4.78 is 13.5. The number of benzene rings is 2. The number of hydrogen-bond acceptors (Lipinski definition) is 1. The lowest BCUT2D eigenvalue weighted by Gasteiger charge is -2.16. The van der Waals surface area contributed by atoms with Crippen molar-refractivity contribution in [2.45, 2.75) is 26.8 Å². The van der Waals surface area contributed by atoms with Gasteiger partial charge in [-0.1, -0.05) is 24.3 Å². The molecular weight excluding hydrogens is 225 g/mol. The lowest BCUT2D eigenvalue weighted by atomic mass is 9.91. The van der Waals surface area contributed by atoms with Crippen LogP contribution in [0.25, 0.3) is 11.1 Å². The van der Waals surface area contributed by atoms with Crippen LogP contribution in [-0.2, 0) is 0 Å². The lowest BCUT2D eigenvalue weighted by Crippen LogP contribution is -2.07. The molecule has 2 rings (SSSR count). The second kappa shape index (κ2) is 4.91. The fourth-order valence-electron chi connectivity index (χ4n) is 2.20. The zero-order valence-corrected chi connectivity index (χ0v) is 11.0. The molecule has 18 heavy (non-hydrogen) atoms. The molecule has 0 fully saturated rings. The summed E-state index contributed by atoms with van der Waals surface area (Å²) in [7, 11) is 0. The van der Waals surface area contributed by atoms with Gasteiger partial charge in [-0.05, 0) is 60.7 Å². The fourth-order valence-corrected chi connectivity index (χ4v) is 2.20. The Balaban J connectivity index is 2.69. The van der Waals surface area contributed by atoms with Gasteiger partial charge in [0, 0.05) is 6.04 Å². The summed E-state index contributed by atoms with van der Waals surface area (Å²) in [5, 5.41) is 0. The van der Waals surface area contributed by atoms with Crippen LogP contribution in [0.5, 0.6) is 0 Å². The largest absolute Gasteiger partial charge is 0.324 e. The quantitative estimate of drug-likeness (QED) is 0.843. The highest BCUT2D eigenvalue weighted by atomic mass is 19.1. The van der Waals surface area contributed by atoms with E-state index in [-0.39, 0.29) is 11.9 Å². The Morgan fingerprint density at radius 1 is 1.06 bits per heavy atom. The van der Waals surface area contributed by atoms with Crippen molar-refractivity contribution in [1.29, 1.82) is 0 Å². The molecule has 0 aliphatic heterocycles. The number of hydrogen-bond donors (Lipinski definition) is 1. The second-order valence-electron chi connectivity index (χ2n) is 4.77. The second-order valence-corrected chi connectivity index (χ2v) is 4.77. The highest BCUT2D eigenvalue weighted by molar-refractivity contribution is 5.72. The molecule has 0 bridgehead atoms. The van der Waals surface area contributed by atoms with Gasteiger partial charge in [0.05, 0.1) is 0 Å². The number of aryl methyl sites for hydroxylation is 1. The van der Waals surface area contributed by atoms with E-state index in [2.05, 4.69) is 19.9 Å². The molecule has 94 valence electrons. The summed E-state index contributed by atoms with van der Waals surface area (Å²) in [6.45, 7) is 6.03. The Bertz CT molecular complexity index is 573. The minimum atomic E-state index is -0.227. The van der Waals surface area contributed by atoms with Gasteiger partial charge in [-0.25, -0.2) is 4.39 Å². The molecule has 0 spiro atoms. The van der Waals surface area contributed by atoms with Crippen molar-refractivity contribution in [3.05, 3.63) is 58.9 Å². The van der Waals surface area contributed by atoms with E-state index in [1.165, 1.54) is 17.2 Å². The van der Waals surface area contributed by atoms with Crippen LogP contribution in [0.1, 0.15) is 29.7 Å². The van der Waals surface area contributed by atoms with Gasteiger partial charge < -0.3 is 5.73 Å². The van der Waals surface area contributed by atoms with Gasteiger partial charge in [-0.15, -0.1) is 0 Å². The van der Waals surface area contributed by atoms with E-state index in [4.69, 9.17) is 5.73 Å². The first-order chi connectivity index (χ1) is 8.50. The van der Waals surface area contributed by atoms with Crippen LogP contribution in [0.2, 0.25) is 0 Å². The number of rotatable bonds is 2. The molecule has 0 saturated heterocycles. The first kappa shape index (κ1) is 12.8. The molecule has 0 aromatic heterocycles. The molecule has 0 radical (unpaired) electrons. The molecule has 2 aromatic carbocycles. The van der Waals surface area contributed by atoms with Crippen molar-refractivity contribution in [3.8, 4) is 11.1 Å². The summed E-state index contributed by atoms with van der Waals surface area (Å²) in [4.78, 5) is 0. The molecule has 0 aliphatic rings. The Morgan fingerprint density at radius 2 is 1.78 bits per heavy atom. The first-order valence-corrected chi connectivity index (χ1v) is 6.12. The zero-order chi connectivity index (χ0) is 13.3. The van der Waals surface area contributed by atoms with E-state index in [9.17, 15) is 4.39 Å². The molecule has 1 nitrogen and oxygen atoms in total. The fraction of sp³-hybridized carbons (Fsp3) is 0.250. The van der Waals surface area contributed by atoms with Gasteiger partial charge in [0.25, 0.3) is 0 Å². The van der Waals surface area contributed by atoms with Crippen molar-refractivity contribution >= 4 is 0 Å². The minimum absolute atomic E-state index is 0.111. The zero-order valence-electron chi connectivity index (χ0n) is 11.0. The molecular formula is C16H18FN. The first-order valence-electron chi connectivity index (χ1n) is 6.12. The number of nitrogens with two attached hydrogens (primary N) is 1. The standard InChI is InChI=1S/C16H18FN/c1-10-5-4-6-14(11(10)2)16-9-13(17)7-8-15(16)12(3)18/h4-9,12H,18H2,1-3H3. The minimum Gasteiger partial charge on any atom is -0.324 e. The SMILES string of the molecule is Cc1cccc(-c2cc(F)ccc2C(C)N)c1C. The van der Waals surface area contributed by atoms with Gasteiger partial charge in [0.1, 0.15) is 5.82 Å². The average molecular weight is 243 g/mol. The summed E-state index contributed by atoms with van der Waals surface area (Å²) in [6, 6.07) is 10.8. The molecule has 0 heterocycles. The summed E-state index contributed by atoms with van der Waals surface area (Å²) in [5.74, 6) is -0.227. The maximum atomic E-state index is 13.5. The average Bonchev–Trinajstić information content (AvgIpc) is 2.32. The summed E-state index contributed by atoms with van der Waals surface area (Å²) in [5.41, 5.74) is 11.3. The molecule has 1 atom stereocenters. The Hall–Kier alpha value is -1.67. The normalized spacial score (nSPS) is 12.5. The molecule has 2 aromatic rings. The third kappa shape index (κ3) is 2.29. The van der Waals surface area contributed by atoms with E-state index < -0.39 is 0 Å². The van der Waals surface area contributed by atoms with Gasteiger partial charge in [-0.3, -0.25) is 0 Å². The molecule has 0 aliphatic carbocycles. The monoisotopic (exact) mass is 243 g/mol. The van der Waals surface area contributed by atoms with Crippen LogP contribution in [-0.4, -0.2) is 0 Å². The van der Waals surface area contributed by atoms with Crippen LogP contribution in [0.15, 0.2) is 36.4 Å². The summed E-state index contributed by atoms with van der Waals surface area (Å²) in [6.07, 6.45) is 0. The van der Waals surface area contributed by atoms with Gasteiger partial charge in [0.2, 0.25) is 0 Å². The van der Waals surface area contributed by atoms with Crippen LogP contribution < -0.4 is 5.73 Å². The van der Waals surface area contributed by atoms with Gasteiger partial charge >= 0.3 is 0 Å². The predicted molar refractivity (Wildman–Crippen MR) is 73.9 cm³/mol. The Kier molecular flexibility index (Phi) is 3.48.